The Bertz CT molecular complexity index is 642. The molecule has 2 rings (SSSR count). The Kier molecular flexibility index (Phi) is 5.94. The lowest BCUT2D eigenvalue weighted by Crippen LogP contribution is -2.30. The minimum atomic E-state index is -0.0427. The zero-order valence-corrected chi connectivity index (χ0v) is 14.1. The van der Waals surface area contributed by atoms with Crippen LogP contribution in [0.1, 0.15) is 45.0 Å². The molecule has 1 amide bonds. The van der Waals surface area contributed by atoms with Crippen molar-refractivity contribution in [2.24, 2.45) is 0 Å². The van der Waals surface area contributed by atoms with Gasteiger partial charge in [0.15, 0.2) is 0 Å². The maximum absolute atomic E-state index is 12.6. The van der Waals surface area contributed by atoms with Gasteiger partial charge in [0.25, 0.3) is 5.91 Å². The molecule has 0 heterocycles. The molecule has 122 valence electrons. The molecule has 0 aromatic heterocycles. The molecule has 0 saturated heterocycles. The van der Waals surface area contributed by atoms with Crippen LogP contribution in [0.2, 0.25) is 0 Å². The Labute approximate surface area is 138 Å². The van der Waals surface area contributed by atoms with Crippen LogP contribution in [0.4, 0.5) is 0 Å². The molecule has 0 aliphatic carbocycles. The van der Waals surface area contributed by atoms with E-state index in [1.54, 1.807) is 0 Å². The molecule has 0 radical (unpaired) electrons. The summed E-state index contributed by atoms with van der Waals surface area (Å²) in [7, 11) is 0. The van der Waals surface area contributed by atoms with Crippen molar-refractivity contribution in [3.63, 3.8) is 0 Å². The van der Waals surface area contributed by atoms with E-state index in [4.69, 9.17) is 0 Å². The Morgan fingerprint density at radius 3 is 2.26 bits per heavy atom. The molecule has 2 aromatic rings. The number of aryl methyl sites for hydroxylation is 3. The second kappa shape index (κ2) is 7.93. The molecule has 0 saturated carbocycles. The van der Waals surface area contributed by atoms with Crippen molar-refractivity contribution in [3.8, 4) is 0 Å². The van der Waals surface area contributed by atoms with Crippen LogP contribution in [0, 0.1) is 20.8 Å². The van der Waals surface area contributed by atoms with Gasteiger partial charge in [-0.15, -0.1) is 0 Å². The minimum absolute atomic E-state index is 0.0427. The second-order valence-corrected chi connectivity index (χ2v) is 6.10. The van der Waals surface area contributed by atoms with Crippen LogP contribution < -0.4 is 5.32 Å². The summed E-state index contributed by atoms with van der Waals surface area (Å²) in [4.78, 5) is 12.6. The molecule has 0 bridgehead atoms. The number of benzene rings is 2. The van der Waals surface area contributed by atoms with Gasteiger partial charge in [-0.25, -0.2) is 0 Å². The molecule has 2 aromatic carbocycles. The highest BCUT2D eigenvalue weighted by Crippen LogP contribution is 2.20. The fraction of sp³-hybridized carbons (Fsp3) is 0.350. The van der Waals surface area contributed by atoms with Gasteiger partial charge in [0.1, 0.15) is 0 Å². The van der Waals surface area contributed by atoms with E-state index in [1.165, 1.54) is 5.56 Å². The van der Waals surface area contributed by atoms with E-state index < -0.39 is 0 Å². The number of nitrogens with one attached hydrogen (secondary N) is 1. The van der Waals surface area contributed by atoms with E-state index in [2.05, 4.69) is 5.32 Å². The van der Waals surface area contributed by atoms with Gasteiger partial charge in [-0.3, -0.25) is 4.79 Å². The van der Waals surface area contributed by atoms with Gasteiger partial charge < -0.3 is 10.4 Å². The molecule has 3 heteroatoms. The summed E-state index contributed by atoms with van der Waals surface area (Å²) >= 11 is 0. The van der Waals surface area contributed by atoms with Crippen LogP contribution in [0.5, 0.6) is 0 Å². The van der Waals surface area contributed by atoms with Gasteiger partial charge >= 0.3 is 0 Å². The lowest BCUT2D eigenvalue weighted by Gasteiger charge is -2.18. The predicted octanol–water partition coefficient (Wildman–Crippen LogP) is 3.51. The number of rotatable bonds is 6. The third-order valence-corrected chi connectivity index (χ3v) is 4.16. The van der Waals surface area contributed by atoms with Gasteiger partial charge in [-0.1, -0.05) is 48.0 Å². The third kappa shape index (κ3) is 4.42. The first kappa shape index (κ1) is 17.2. The van der Waals surface area contributed by atoms with Crippen LogP contribution in [0.3, 0.4) is 0 Å². The average molecular weight is 311 g/mol. The summed E-state index contributed by atoms with van der Waals surface area (Å²) < 4.78 is 0. The van der Waals surface area contributed by atoms with Crippen LogP contribution in [-0.2, 0) is 0 Å². The lowest BCUT2D eigenvalue weighted by atomic mass is 9.95. The predicted molar refractivity (Wildman–Crippen MR) is 93.9 cm³/mol. The summed E-state index contributed by atoms with van der Waals surface area (Å²) in [6, 6.07) is 14.1. The van der Waals surface area contributed by atoms with Gasteiger partial charge in [0, 0.05) is 24.6 Å². The molecule has 1 unspecified atom stereocenters. The molecule has 3 nitrogen and oxygen atoms in total. The summed E-state index contributed by atoms with van der Waals surface area (Å²) in [5.74, 6) is 0.0788. The van der Waals surface area contributed by atoms with Crippen molar-refractivity contribution in [2.75, 3.05) is 13.2 Å². The molecule has 0 aliphatic heterocycles. The number of carbonyl (C=O) groups is 1. The smallest absolute Gasteiger partial charge is 0.251 e. The quantitative estimate of drug-likeness (QED) is 0.857. The van der Waals surface area contributed by atoms with Crippen molar-refractivity contribution < 1.29 is 9.90 Å². The van der Waals surface area contributed by atoms with Crippen LogP contribution in [0.15, 0.2) is 42.5 Å². The second-order valence-electron chi connectivity index (χ2n) is 6.10. The first-order chi connectivity index (χ1) is 11.0. The van der Waals surface area contributed by atoms with Gasteiger partial charge in [-0.2, -0.15) is 0 Å². The van der Waals surface area contributed by atoms with Crippen molar-refractivity contribution in [1.29, 1.82) is 0 Å². The molecule has 23 heavy (non-hydrogen) atoms. The number of aliphatic hydroxyl groups excluding tert-OH is 1. The molecular weight excluding hydrogens is 286 g/mol. The van der Waals surface area contributed by atoms with Gasteiger partial charge in [0.05, 0.1) is 0 Å². The van der Waals surface area contributed by atoms with Crippen LogP contribution >= 0.6 is 0 Å². The van der Waals surface area contributed by atoms with E-state index in [0.29, 0.717) is 13.0 Å². The van der Waals surface area contributed by atoms with E-state index in [-0.39, 0.29) is 18.4 Å². The maximum Gasteiger partial charge on any atom is 0.251 e. The fourth-order valence-corrected chi connectivity index (χ4v) is 3.11. The lowest BCUT2D eigenvalue weighted by molar-refractivity contribution is 0.0948. The van der Waals surface area contributed by atoms with E-state index in [9.17, 15) is 9.90 Å². The van der Waals surface area contributed by atoms with E-state index in [1.807, 2.05) is 63.2 Å². The zero-order chi connectivity index (χ0) is 16.8. The molecule has 0 spiro atoms. The summed E-state index contributed by atoms with van der Waals surface area (Å²) in [5.41, 5.74) is 5.06. The fourth-order valence-electron chi connectivity index (χ4n) is 3.11. The number of amides is 1. The maximum atomic E-state index is 12.6. The highest BCUT2D eigenvalue weighted by atomic mass is 16.3. The monoisotopic (exact) mass is 311 g/mol. The number of hydrogen-bond donors (Lipinski definition) is 2. The highest BCUT2D eigenvalue weighted by molar-refractivity contribution is 5.97. The minimum Gasteiger partial charge on any atom is -0.396 e. The molecule has 2 N–H and O–H groups in total. The molecule has 1 atom stereocenters. The summed E-state index contributed by atoms with van der Waals surface area (Å²) in [6.45, 7) is 6.61. The largest absolute Gasteiger partial charge is 0.396 e. The first-order valence-corrected chi connectivity index (χ1v) is 8.04. The molecule has 0 aliphatic rings. The van der Waals surface area contributed by atoms with Gasteiger partial charge in [0.2, 0.25) is 0 Å². The zero-order valence-electron chi connectivity index (χ0n) is 14.1. The van der Waals surface area contributed by atoms with Crippen molar-refractivity contribution >= 4 is 5.91 Å². The van der Waals surface area contributed by atoms with Crippen molar-refractivity contribution in [3.05, 3.63) is 70.3 Å². The highest BCUT2D eigenvalue weighted by Gasteiger charge is 2.16. The Morgan fingerprint density at radius 1 is 1.09 bits per heavy atom. The Balaban J connectivity index is 2.11. The molecule has 0 fully saturated rings. The molecular formula is C20H25NO2. The van der Waals surface area contributed by atoms with Crippen molar-refractivity contribution in [1.82, 2.24) is 5.32 Å². The van der Waals surface area contributed by atoms with Crippen LogP contribution in [-0.4, -0.2) is 24.2 Å². The number of aliphatic hydroxyl groups is 1. The Hall–Kier alpha value is -2.13. The summed E-state index contributed by atoms with van der Waals surface area (Å²) in [6.07, 6.45) is 0.635. The number of carbonyl (C=O) groups excluding carboxylic acids is 1. The normalized spacial score (nSPS) is 12.0. The first-order valence-electron chi connectivity index (χ1n) is 8.04. The topological polar surface area (TPSA) is 49.3 Å². The SMILES string of the molecule is Cc1cc(C)c(C(=O)NCC(CCO)c2ccccc2)c(C)c1. The Morgan fingerprint density at radius 2 is 1.70 bits per heavy atom. The summed E-state index contributed by atoms with van der Waals surface area (Å²) in [5, 5.41) is 12.3. The van der Waals surface area contributed by atoms with E-state index >= 15 is 0 Å². The van der Waals surface area contributed by atoms with Gasteiger partial charge in [-0.05, 0) is 43.9 Å². The third-order valence-electron chi connectivity index (χ3n) is 4.16. The van der Waals surface area contributed by atoms with E-state index in [0.717, 1.165) is 22.3 Å². The average Bonchev–Trinajstić information content (AvgIpc) is 2.51. The van der Waals surface area contributed by atoms with Crippen molar-refractivity contribution in [2.45, 2.75) is 33.1 Å². The van der Waals surface area contributed by atoms with Crippen LogP contribution in [0.25, 0.3) is 0 Å². The standard InChI is InChI=1S/C20H25NO2/c1-14-11-15(2)19(16(3)12-14)20(23)21-13-18(9-10-22)17-7-5-4-6-8-17/h4-8,11-12,18,22H,9-10,13H2,1-3H3,(H,21,23). The number of hydrogen-bond acceptors (Lipinski definition) is 2.